The molecule has 2 aromatic carbocycles. The number of hydrogen-bond donors (Lipinski definition) is 2. The Morgan fingerprint density at radius 2 is 1.75 bits per heavy atom. The van der Waals surface area contributed by atoms with Crippen LogP contribution in [0.15, 0.2) is 53.4 Å². The Hall–Kier alpha value is -2.38. The summed E-state index contributed by atoms with van der Waals surface area (Å²) >= 11 is 0. The number of fused-ring (bicyclic) bond motifs is 2. The van der Waals surface area contributed by atoms with Crippen LogP contribution in [0, 0.1) is 6.92 Å². The molecule has 2 aliphatic rings. The lowest BCUT2D eigenvalue weighted by molar-refractivity contribution is 0.0748. The fourth-order valence-electron chi connectivity index (χ4n) is 3.98. The number of aryl methyl sites for hydroxylation is 1. The van der Waals surface area contributed by atoms with Crippen LogP contribution in [0.2, 0.25) is 0 Å². The third-order valence-electron chi connectivity index (χ3n) is 5.61. The van der Waals surface area contributed by atoms with Crippen molar-refractivity contribution in [2.24, 2.45) is 0 Å². The predicted molar refractivity (Wildman–Crippen MR) is 109 cm³/mol. The van der Waals surface area contributed by atoms with Gasteiger partial charge < -0.3 is 10.2 Å². The van der Waals surface area contributed by atoms with Gasteiger partial charge in [0.05, 0.1) is 10.6 Å². The SMILES string of the molecule is Cc1ccccc1NS(=O)(=O)c1ccc(C(=O)N2CCC3CCC(C2)N3)cc1. The van der Waals surface area contributed by atoms with Crippen molar-refractivity contribution in [3.63, 3.8) is 0 Å². The molecule has 2 unspecified atom stereocenters. The van der Waals surface area contributed by atoms with Crippen LogP contribution in [0.5, 0.6) is 0 Å². The molecule has 0 aliphatic carbocycles. The molecule has 28 heavy (non-hydrogen) atoms. The second-order valence-corrected chi connectivity index (χ2v) is 9.30. The summed E-state index contributed by atoms with van der Waals surface area (Å²) < 4.78 is 27.9. The van der Waals surface area contributed by atoms with Crippen molar-refractivity contribution in [3.8, 4) is 0 Å². The van der Waals surface area contributed by atoms with Crippen LogP contribution in [0.3, 0.4) is 0 Å². The molecule has 148 valence electrons. The molecule has 0 radical (unpaired) electrons. The summed E-state index contributed by atoms with van der Waals surface area (Å²) in [5.74, 6) is -0.0369. The van der Waals surface area contributed by atoms with Crippen LogP contribution >= 0.6 is 0 Å². The van der Waals surface area contributed by atoms with Gasteiger partial charge in [0, 0.05) is 30.7 Å². The van der Waals surface area contributed by atoms with Crippen molar-refractivity contribution in [1.29, 1.82) is 0 Å². The number of hydrogen-bond acceptors (Lipinski definition) is 4. The van der Waals surface area contributed by atoms with Gasteiger partial charge in [-0.15, -0.1) is 0 Å². The minimum Gasteiger partial charge on any atom is -0.337 e. The minimum absolute atomic E-state index is 0.0369. The molecule has 7 heteroatoms. The summed E-state index contributed by atoms with van der Waals surface area (Å²) in [5.41, 5.74) is 1.92. The average Bonchev–Trinajstić information content (AvgIpc) is 3.02. The van der Waals surface area contributed by atoms with Gasteiger partial charge in [-0.2, -0.15) is 0 Å². The molecule has 2 fully saturated rings. The van der Waals surface area contributed by atoms with Crippen molar-refractivity contribution in [2.75, 3.05) is 17.8 Å². The zero-order valence-corrected chi connectivity index (χ0v) is 16.7. The number of sulfonamides is 1. The number of anilines is 1. The molecule has 0 aromatic heterocycles. The fourth-order valence-corrected chi connectivity index (χ4v) is 5.11. The zero-order chi connectivity index (χ0) is 19.7. The number of rotatable bonds is 4. The highest BCUT2D eigenvalue weighted by Gasteiger charge is 2.31. The van der Waals surface area contributed by atoms with E-state index in [1.165, 1.54) is 18.6 Å². The lowest BCUT2D eigenvalue weighted by Crippen LogP contribution is -2.39. The third-order valence-corrected chi connectivity index (χ3v) is 6.99. The quantitative estimate of drug-likeness (QED) is 0.829. The molecule has 4 rings (SSSR count). The molecule has 0 saturated carbocycles. The van der Waals surface area contributed by atoms with E-state index >= 15 is 0 Å². The van der Waals surface area contributed by atoms with Crippen molar-refractivity contribution in [3.05, 3.63) is 59.7 Å². The molecular formula is C21H25N3O3S. The maximum Gasteiger partial charge on any atom is 0.261 e. The molecule has 2 atom stereocenters. The number of nitrogens with zero attached hydrogens (tertiary/aromatic N) is 1. The second kappa shape index (κ2) is 7.56. The molecular weight excluding hydrogens is 374 g/mol. The van der Waals surface area contributed by atoms with Gasteiger partial charge in [0.25, 0.3) is 15.9 Å². The Kier molecular flexibility index (Phi) is 5.12. The standard InChI is InChI=1S/C21H25N3O3S/c1-15-4-2-3-5-20(15)23-28(26,27)19-10-6-16(7-11-19)21(25)24-13-12-17-8-9-18(14-24)22-17/h2-7,10-11,17-18,22-23H,8-9,12-14H2,1H3. The summed E-state index contributed by atoms with van der Waals surface area (Å²) in [6.45, 7) is 3.30. The molecule has 2 N–H and O–H groups in total. The number of benzene rings is 2. The first-order valence-corrected chi connectivity index (χ1v) is 11.1. The summed E-state index contributed by atoms with van der Waals surface area (Å²) in [7, 11) is -3.70. The van der Waals surface area contributed by atoms with Gasteiger partial charge in [0.1, 0.15) is 0 Å². The minimum atomic E-state index is -3.70. The summed E-state index contributed by atoms with van der Waals surface area (Å²) in [6, 6.07) is 14.3. The van der Waals surface area contributed by atoms with E-state index in [1.807, 2.05) is 24.0 Å². The first kappa shape index (κ1) is 19.0. The van der Waals surface area contributed by atoms with Crippen molar-refractivity contribution in [1.82, 2.24) is 10.2 Å². The van der Waals surface area contributed by atoms with Crippen LogP contribution in [0.25, 0.3) is 0 Å². The first-order chi connectivity index (χ1) is 13.4. The maximum atomic E-state index is 12.9. The van der Waals surface area contributed by atoms with Gasteiger partial charge in [-0.3, -0.25) is 9.52 Å². The van der Waals surface area contributed by atoms with Gasteiger partial charge in [0.15, 0.2) is 0 Å². The number of likely N-dealkylation sites (tertiary alicyclic amines) is 1. The van der Waals surface area contributed by atoms with E-state index in [9.17, 15) is 13.2 Å². The number of para-hydroxylation sites is 1. The van der Waals surface area contributed by atoms with Crippen LogP contribution in [0.4, 0.5) is 5.69 Å². The zero-order valence-electron chi connectivity index (χ0n) is 15.9. The van der Waals surface area contributed by atoms with E-state index in [0.29, 0.717) is 29.9 Å². The van der Waals surface area contributed by atoms with Crippen LogP contribution in [0.1, 0.15) is 35.2 Å². The molecule has 6 nitrogen and oxygen atoms in total. The highest BCUT2D eigenvalue weighted by Crippen LogP contribution is 2.23. The summed E-state index contributed by atoms with van der Waals surface area (Å²) in [6.07, 6.45) is 3.26. The van der Waals surface area contributed by atoms with Crippen LogP contribution in [-0.4, -0.2) is 44.4 Å². The van der Waals surface area contributed by atoms with E-state index in [2.05, 4.69) is 10.0 Å². The van der Waals surface area contributed by atoms with E-state index < -0.39 is 10.0 Å². The van der Waals surface area contributed by atoms with Crippen molar-refractivity contribution < 1.29 is 13.2 Å². The Labute approximate surface area is 166 Å². The normalized spacial score (nSPS) is 22.0. The van der Waals surface area contributed by atoms with E-state index in [1.54, 1.807) is 24.3 Å². The highest BCUT2D eigenvalue weighted by atomic mass is 32.2. The fraction of sp³-hybridized carbons (Fsp3) is 0.381. The van der Waals surface area contributed by atoms with Crippen LogP contribution in [-0.2, 0) is 10.0 Å². The van der Waals surface area contributed by atoms with Gasteiger partial charge in [-0.25, -0.2) is 8.42 Å². The van der Waals surface area contributed by atoms with Gasteiger partial charge in [-0.1, -0.05) is 18.2 Å². The smallest absolute Gasteiger partial charge is 0.261 e. The number of carbonyl (C=O) groups excluding carboxylic acids is 1. The molecule has 2 heterocycles. The Balaban J connectivity index is 1.48. The monoisotopic (exact) mass is 399 g/mol. The Morgan fingerprint density at radius 1 is 1.04 bits per heavy atom. The lowest BCUT2D eigenvalue weighted by atomic mass is 10.1. The Bertz CT molecular complexity index is 973. The van der Waals surface area contributed by atoms with Crippen LogP contribution < -0.4 is 10.0 Å². The first-order valence-electron chi connectivity index (χ1n) is 9.66. The molecule has 0 spiro atoms. The van der Waals surface area contributed by atoms with Gasteiger partial charge in [0.2, 0.25) is 0 Å². The van der Waals surface area contributed by atoms with E-state index in [4.69, 9.17) is 0 Å². The van der Waals surface area contributed by atoms with Gasteiger partial charge in [-0.05, 0) is 62.1 Å². The Morgan fingerprint density at radius 3 is 2.50 bits per heavy atom. The van der Waals surface area contributed by atoms with Crippen molar-refractivity contribution >= 4 is 21.6 Å². The largest absolute Gasteiger partial charge is 0.337 e. The van der Waals surface area contributed by atoms with E-state index in [-0.39, 0.29) is 10.8 Å². The van der Waals surface area contributed by atoms with E-state index in [0.717, 1.165) is 24.9 Å². The molecule has 2 aromatic rings. The lowest BCUT2D eigenvalue weighted by Gasteiger charge is -2.24. The number of carbonyl (C=O) groups is 1. The molecule has 2 aliphatic heterocycles. The predicted octanol–water partition coefficient (Wildman–Crippen LogP) is 2.76. The molecule has 2 bridgehead atoms. The number of amides is 1. The molecule has 2 saturated heterocycles. The van der Waals surface area contributed by atoms with Crippen molar-refractivity contribution in [2.45, 2.75) is 43.2 Å². The highest BCUT2D eigenvalue weighted by molar-refractivity contribution is 7.92. The summed E-state index contributed by atoms with van der Waals surface area (Å²) in [4.78, 5) is 14.9. The number of nitrogens with one attached hydrogen (secondary N) is 2. The topological polar surface area (TPSA) is 78.5 Å². The average molecular weight is 400 g/mol. The second-order valence-electron chi connectivity index (χ2n) is 7.62. The summed E-state index contributed by atoms with van der Waals surface area (Å²) in [5, 5.41) is 3.56. The molecule has 1 amide bonds. The van der Waals surface area contributed by atoms with Gasteiger partial charge >= 0.3 is 0 Å². The maximum absolute atomic E-state index is 12.9. The third kappa shape index (κ3) is 3.91.